The summed E-state index contributed by atoms with van der Waals surface area (Å²) >= 11 is 0. The number of rotatable bonds is 6. The molecule has 0 fully saturated rings. The molecule has 2 N–H and O–H groups in total. The summed E-state index contributed by atoms with van der Waals surface area (Å²) in [5.74, 6) is -1.21. The first-order chi connectivity index (χ1) is 20.7. The van der Waals surface area contributed by atoms with Gasteiger partial charge >= 0.3 is 5.69 Å². The molecule has 0 aliphatic rings. The number of amides is 2. The van der Waals surface area contributed by atoms with Gasteiger partial charge in [0, 0.05) is 42.5 Å². The second-order valence-corrected chi connectivity index (χ2v) is 9.98. The molecular weight excluding hydrogens is 551 g/mol. The second kappa shape index (κ2) is 10.8. The third kappa shape index (κ3) is 5.17. The van der Waals surface area contributed by atoms with Crippen LogP contribution >= 0.6 is 0 Å². The summed E-state index contributed by atoms with van der Waals surface area (Å²) in [4.78, 5) is 38.4. The minimum Gasteiger partial charge on any atom is -0.350 e. The van der Waals surface area contributed by atoms with Crippen LogP contribution in [0.25, 0.3) is 27.7 Å². The SMILES string of the molecule is Cc1ccc(NC(=O)c2cccc(NC(=O)c3cn(C)c4ccc(-c5ccc(-n6cnn(C)c6=O)cc5)c(F)c34)c2)nn1. The number of benzene rings is 3. The molecule has 214 valence electrons. The number of anilines is 2. The summed E-state index contributed by atoms with van der Waals surface area (Å²) in [5, 5.41) is 17.4. The third-order valence-electron chi connectivity index (χ3n) is 7.04. The third-order valence-corrected chi connectivity index (χ3v) is 7.04. The molecule has 11 nitrogen and oxygen atoms in total. The van der Waals surface area contributed by atoms with Crippen LogP contribution in [0.1, 0.15) is 26.4 Å². The molecule has 3 heterocycles. The fourth-order valence-electron chi connectivity index (χ4n) is 4.79. The smallest absolute Gasteiger partial charge is 0.350 e. The summed E-state index contributed by atoms with van der Waals surface area (Å²) in [6.45, 7) is 1.79. The van der Waals surface area contributed by atoms with E-state index in [9.17, 15) is 14.4 Å². The number of carbonyl (C=O) groups excluding carboxylic acids is 2. The number of aryl methyl sites for hydroxylation is 3. The van der Waals surface area contributed by atoms with Crippen LogP contribution in [0, 0.1) is 12.7 Å². The molecule has 0 unspecified atom stereocenters. The van der Waals surface area contributed by atoms with Crippen molar-refractivity contribution < 1.29 is 14.0 Å². The van der Waals surface area contributed by atoms with Crippen molar-refractivity contribution in [2.24, 2.45) is 14.1 Å². The van der Waals surface area contributed by atoms with Gasteiger partial charge in [0.25, 0.3) is 11.8 Å². The molecule has 2 amide bonds. The van der Waals surface area contributed by atoms with Crippen molar-refractivity contribution in [3.05, 3.63) is 118 Å². The molecule has 6 rings (SSSR count). The maximum Gasteiger partial charge on any atom is 0.350 e. The summed E-state index contributed by atoms with van der Waals surface area (Å²) in [6, 6.07) is 20.0. The van der Waals surface area contributed by atoms with E-state index in [1.165, 1.54) is 21.6 Å². The van der Waals surface area contributed by atoms with Gasteiger partial charge in [-0.1, -0.05) is 18.2 Å². The van der Waals surface area contributed by atoms with Crippen molar-refractivity contribution in [2.75, 3.05) is 10.6 Å². The number of hydrogen-bond donors (Lipinski definition) is 2. The van der Waals surface area contributed by atoms with E-state index < -0.39 is 17.6 Å². The van der Waals surface area contributed by atoms with E-state index in [0.29, 0.717) is 39.4 Å². The maximum absolute atomic E-state index is 16.1. The Bertz CT molecular complexity index is 2080. The number of hydrogen-bond acceptors (Lipinski definition) is 6. The van der Waals surface area contributed by atoms with Gasteiger partial charge in [-0.15, -0.1) is 5.10 Å². The lowest BCUT2D eigenvalue weighted by Crippen LogP contribution is -2.21. The minimum atomic E-state index is -0.554. The maximum atomic E-state index is 16.1. The van der Waals surface area contributed by atoms with E-state index in [0.717, 1.165) is 5.69 Å². The highest BCUT2D eigenvalue weighted by molar-refractivity contribution is 6.14. The van der Waals surface area contributed by atoms with Gasteiger partial charge in [0.2, 0.25) is 0 Å². The first-order valence-electron chi connectivity index (χ1n) is 13.2. The molecule has 12 heteroatoms. The zero-order chi connectivity index (χ0) is 30.2. The highest BCUT2D eigenvalue weighted by Gasteiger charge is 2.21. The summed E-state index contributed by atoms with van der Waals surface area (Å²) in [5.41, 5.74) is 3.22. The summed E-state index contributed by atoms with van der Waals surface area (Å²) < 4.78 is 20.4. The highest BCUT2D eigenvalue weighted by Crippen LogP contribution is 2.33. The molecule has 0 radical (unpaired) electrons. The molecule has 0 aliphatic heterocycles. The molecule has 0 aliphatic carbocycles. The Kier molecular flexibility index (Phi) is 6.86. The first kappa shape index (κ1) is 27.3. The van der Waals surface area contributed by atoms with Crippen LogP contribution in [0.15, 0.2) is 90.1 Å². The van der Waals surface area contributed by atoms with Crippen LogP contribution in [-0.2, 0) is 14.1 Å². The van der Waals surface area contributed by atoms with Crippen LogP contribution in [0.3, 0.4) is 0 Å². The molecule has 0 atom stereocenters. The number of fused-ring (bicyclic) bond motifs is 1. The van der Waals surface area contributed by atoms with Gasteiger partial charge in [0.15, 0.2) is 5.82 Å². The molecule has 0 spiro atoms. The van der Waals surface area contributed by atoms with Gasteiger partial charge in [0.05, 0.1) is 22.5 Å². The monoisotopic (exact) mass is 576 g/mol. The molecule has 0 saturated heterocycles. The van der Waals surface area contributed by atoms with E-state index in [1.807, 2.05) is 0 Å². The first-order valence-corrected chi connectivity index (χ1v) is 13.2. The second-order valence-electron chi connectivity index (χ2n) is 9.98. The van der Waals surface area contributed by atoms with Crippen LogP contribution in [0.2, 0.25) is 0 Å². The molecule has 3 aromatic carbocycles. The van der Waals surface area contributed by atoms with E-state index in [1.54, 1.807) is 98.5 Å². The van der Waals surface area contributed by atoms with Crippen molar-refractivity contribution in [2.45, 2.75) is 6.92 Å². The number of nitrogens with zero attached hydrogens (tertiary/aromatic N) is 6. The fourth-order valence-corrected chi connectivity index (χ4v) is 4.79. The molecule has 6 aromatic rings. The van der Waals surface area contributed by atoms with E-state index in [-0.39, 0.29) is 16.6 Å². The highest BCUT2D eigenvalue weighted by atomic mass is 19.1. The van der Waals surface area contributed by atoms with Gasteiger partial charge in [-0.25, -0.2) is 18.4 Å². The Morgan fingerprint density at radius 1 is 0.884 bits per heavy atom. The normalized spacial score (nSPS) is 11.1. The van der Waals surface area contributed by atoms with Crippen LogP contribution in [0.5, 0.6) is 0 Å². The van der Waals surface area contributed by atoms with Gasteiger partial charge in [-0.05, 0) is 67.1 Å². The van der Waals surface area contributed by atoms with Crippen LogP contribution in [-0.4, -0.2) is 40.9 Å². The van der Waals surface area contributed by atoms with E-state index in [2.05, 4.69) is 25.9 Å². The Labute approximate surface area is 244 Å². The average molecular weight is 577 g/mol. The Morgan fingerprint density at radius 2 is 1.67 bits per heavy atom. The van der Waals surface area contributed by atoms with Crippen LogP contribution < -0.4 is 16.3 Å². The van der Waals surface area contributed by atoms with Gasteiger partial charge in [-0.2, -0.15) is 10.2 Å². The molecule has 3 aromatic heterocycles. The van der Waals surface area contributed by atoms with E-state index in [4.69, 9.17) is 0 Å². The largest absolute Gasteiger partial charge is 0.350 e. The van der Waals surface area contributed by atoms with Gasteiger partial charge < -0.3 is 15.2 Å². The lowest BCUT2D eigenvalue weighted by Gasteiger charge is -2.10. The summed E-state index contributed by atoms with van der Waals surface area (Å²) in [7, 11) is 3.29. The zero-order valence-corrected chi connectivity index (χ0v) is 23.4. The standard InChI is InChI=1S/C31H25FN8O3/c1-18-7-14-26(37-36-18)35-29(41)20-5-4-6-21(15-20)34-30(42)24-16-38(2)25-13-12-23(28(32)27(24)25)19-8-10-22(11-9-19)40-17-33-39(3)31(40)43/h4-17H,1-3H3,(H,34,42)(H,35,37,41). The summed E-state index contributed by atoms with van der Waals surface area (Å²) in [6.07, 6.45) is 2.98. The number of halogens is 1. The topological polar surface area (TPSA) is 129 Å². The Hall–Kier alpha value is -5.91. The van der Waals surface area contributed by atoms with Crippen molar-refractivity contribution >= 4 is 34.2 Å². The number of nitrogens with one attached hydrogen (secondary N) is 2. The Balaban J connectivity index is 1.27. The van der Waals surface area contributed by atoms with Gasteiger partial charge in [0.1, 0.15) is 12.1 Å². The minimum absolute atomic E-state index is 0.139. The quantitative estimate of drug-likeness (QED) is 0.301. The van der Waals surface area contributed by atoms with E-state index >= 15 is 4.39 Å². The molecule has 0 bridgehead atoms. The fraction of sp³-hybridized carbons (Fsp3) is 0.0968. The molecule has 43 heavy (non-hydrogen) atoms. The predicted octanol–water partition coefficient (Wildman–Crippen LogP) is 4.47. The molecular formula is C31H25FN8O3. The van der Waals surface area contributed by atoms with Gasteiger partial charge in [-0.3, -0.25) is 9.59 Å². The Morgan fingerprint density at radius 3 is 2.37 bits per heavy atom. The lowest BCUT2D eigenvalue weighted by molar-refractivity contribution is 0.101. The number of carbonyl (C=O) groups is 2. The predicted molar refractivity (Wildman–Crippen MR) is 160 cm³/mol. The van der Waals surface area contributed by atoms with Crippen molar-refractivity contribution in [1.82, 2.24) is 29.1 Å². The average Bonchev–Trinajstić information content (AvgIpc) is 3.53. The van der Waals surface area contributed by atoms with Crippen LogP contribution in [0.4, 0.5) is 15.9 Å². The van der Waals surface area contributed by atoms with Crippen molar-refractivity contribution in [3.8, 4) is 16.8 Å². The zero-order valence-electron chi connectivity index (χ0n) is 23.4. The number of aromatic nitrogens is 6. The van der Waals surface area contributed by atoms with Crippen molar-refractivity contribution in [1.29, 1.82) is 0 Å². The lowest BCUT2D eigenvalue weighted by atomic mass is 10.0. The molecule has 0 saturated carbocycles. The van der Waals surface area contributed by atoms with Crippen molar-refractivity contribution in [3.63, 3.8) is 0 Å².